The van der Waals surface area contributed by atoms with Crippen molar-refractivity contribution in [2.45, 2.75) is 25.7 Å². The van der Waals surface area contributed by atoms with E-state index in [1.165, 1.54) is 27.4 Å². The van der Waals surface area contributed by atoms with Gasteiger partial charge >= 0.3 is 5.69 Å². The standard InChI is InChI=1S/C21H25N3O6S/c1-4-30-19-7-6-17(14-18(19)24(26)27)21(25)22-9-11-23(12-10-22)31(28,29)20-8-5-15(2)13-16(20)3/h5-8,13-14H,4,9-12H2,1-3H3. The molecule has 0 aromatic heterocycles. The lowest BCUT2D eigenvalue weighted by Crippen LogP contribution is -2.50. The Morgan fingerprint density at radius 1 is 1.10 bits per heavy atom. The van der Waals surface area contributed by atoms with Gasteiger partial charge in [-0.2, -0.15) is 4.31 Å². The van der Waals surface area contributed by atoms with Crippen LogP contribution in [0.3, 0.4) is 0 Å². The van der Waals surface area contributed by atoms with Crippen LogP contribution in [0.5, 0.6) is 5.75 Å². The molecule has 1 fully saturated rings. The third-order valence-electron chi connectivity index (χ3n) is 5.18. The molecule has 1 heterocycles. The minimum absolute atomic E-state index is 0.105. The van der Waals surface area contributed by atoms with Gasteiger partial charge in [-0.05, 0) is 44.5 Å². The number of hydrogen-bond acceptors (Lipinski definition) is 6. The molecular formula is C21H25N3O6S. The van der Waals surface area contributed by atoms with Gasteiger partial charge in [0.2, 0.25) is 10.0 Å². The molecule has 1 amide bonds. The first-order valence-corrected chi connectivity index (χ1v) is 11.4. The summed E-state index contributed by atoms with van der Waals surface area (Å²) in [6.45, 7) is 6.35. The van der Waals surface area contributed by atoms with E-state index in [-0.39, 0.29) is 60.6 Å². The van der Waals surface area contributed by atoms with Crippen molar-refractivity contribution in [3.8, 4) is 5.75 Å². The zero-order valence-corrected chi connectivity index (χ0v) is 18.5. The molecule has 3 rings (SSSR count). The van der Waals surface area contributed by atoms with Crippen LogP contribution in [0, 0.1) is 24.0 Å². The largest absolute Gasteiger partial charge is 0.487 e. The molecule has 166 valence electrons. The van der Waals surface area contributed by atoms with Crippen LogP contribution in [0.1, 0.15) is 28.4 Å². The van der Waals surface area contributed by atoms with Gasteiger partial charge < -0.3 is 9.64 Å². The average Bonchev–Trinajstić information content (AvgIpc) is 2.73. The van der Waals surface area contributed by atoms with E-state index in [9.17, 15) is 23.3 Å². The number of carbonyl (C=O) groups is 1. The number of ether oxygens (including phenoxy) is 1. The number of rotatable bonds is 6. The van der Waals surface area contributed by atoms with E-state index in [0.29, 0.717) is 5.56 Å². The number of benzene rings is 2. The predicted octanol–water partition coefficient (Wildman–Crippen LogP) is 2.76. The fourth-order valence-corrected chi connectivity index (χ4v) is 5.24. The molecule has 1 saturated heterocycles. The summed E-state index contributed by atoms with van der Waals surface area (Å²) >= 11 is 0. The molecule has 0 bridgehead atoms. The second-order valence-electron chi connectivity index (χ2n) is 7.34. The zero-order chi connectivity index (χ0) is 22.8. The van der Waals surface area contributed by atoms with Crippen molar-refractivity contribution >= 4 is 21.6 Å². The average molecular weight is 448 g/mol. The Labute approximate surface area is 181 Å². The van der Waals surface area contributed by atoms with Crippen LogP contribution in [0.4, 0.5) is 5.69 Å². The van der Waals surface area contributed by atoms with Gasteiger partial charge in [0.25, 0.3) is 5.91 Å². The maximum atomic E-state index is 13.0. The Kier molecular flexibility index (Phi) is 6.61. The summed E-state index contributed by atoms with van der Waals surface area (Å²) < 4.78 is 32.7. The van der Waals surface area contributed by atoms with Crippen molar-refractivity contribution in [1.29, 1.82) is 0 Å². The Morgan fingerprint density at radius 2 is 1.77 bits per heavy atom. The fourth-order valence-electron chi connectivity index (χ4n) is 3.61. The van der Waals surface area contributed by atoms with E-state index in [1.54, 1.807) is 26.0 Å². The van der Waals surface area contributed by atoms with Crippen molar-refractivity contribution in [2.75, 3.05) is 32.8 Å². The number of nitrogens with zero attached hydrogens (tertiary/aromatic N) is 3. The molecule has 0 saturated carbocycles. The second kappa shape index (κ2) is 9.03. The number of sulfonamides is 1. The molecule has 10 heteroatoms. The summed E-state index contributed by atoms with van der Waals surface area (Å²) in [5.41, 5.74) is 1.56. The SMILES string of the molecule is CCOc1ccc(C(=O)N2CCN(S(=O)(=O)c3ccc(C)cc3C)CC2)cc1[N+](=O)[O-]. The van der Waals surface area contributed by atoms with E-state index < -0.39 is 14.9 Å². The summed E-state index contributed by atoms with van der Waals surface area (Å²) in [6, 6.07) is 9.29. The summed E-state index contributed by atoms with van der Waals surface area (Å²) in [5.74, 6) is -0.275. The molecule has 0 N–H and O–H groups in total. The lowest BCUT2D eigenvalue weighted by molar-refractivity contribution is -0.385. The smallest absolute Gasteiger partial charge is 0.311 e. The number of carbonyl (C=O) groups excluding carboxylic acids is 1. The predicted molar refractivity (Wildman–Crippen MR) is 115 cm³/mol. The molecule has 0 spiro atoms. The molecule has 0 atom stereocenters. The van der Waals surface area contributed by atoms with E-state index in [2.05, 4.69) is 0 Å². The summed E-state index contributed by atoms with van der Waals surface area (Å²) in [6.07, 6.45) is 0. The third-order valence-corrected chi connectivity index (χ3v) is 7.24. The first kappa shape index (κ1) is 22.7. The second-order valence-corrected chi connectivity index (χ2v) is 9.24. The Balaban J connectivity index is 1.74. The third kappa shape index (κ3) is 4.70. The fraction of sp³-hybridized carbons (Fsp3) is 0.381. The van der Waals surface area contributed by atoms with E-state index in [4.69, 9.17) is 4.74 Å². The highest BCUT2D eigenvalue weighted by Crippen LogP contribution is 2.29. The molecule has 31 heavy (non-hydrogen) atoms. The lowest BCUT2D eigenvalue weighted by Gasteiger charge is -2.34. The van der Waals surface area contributed by atoms with Gasteiger partial charge in [-0.3, -0.25) is 14.9 Å². The van der Waals surface area contributed by atoms with E-state index >= 15 is 0 Å². The monoisotopic (exact) mass is 447 g/mol. The number of aryl methyl sites for hydroxylation is 2. The molecular weight excluding hydrogens is 422 g/mol. The van der Waals surface area contributed by atoms with Gasteiger partial charge in [-0.25, -0.2) is 8.42 Å². The summed E-state index contributed by atoms with van der Waals surface area (Å²) in [7, 11) is -3.66. The van der Waals surface area contributed by atoms with Crippen molar-refractivity contribution in [2.24, 2.45) is 0 Å². The Hall–Kier alpha value is -2.98. The topological polar surface area (TPSA) is 110 Å². The van der Waals surface area contributed by atoms with Gasteiger partial charge in [0.05, 0.1) is 16.4 Å². The molecule has 0 aliphatic carbocycles. The summed E-state index contributed by atoms with van der Waals surface area (Å²) in [4.78, 5) is 25.4. The first-order valence-electron chi connectivity index (χ1n) is 9.93. The van der Waals surface area contributed by atoms with Gasteiger partial charge in [-0.15, -0.1) is 0 Å². The molecule has 9 nitrogen and oxygen atoms in total. The minimum atomic E-state index is -3.66. The zero-order valence-electron chi connectivity index (χ0n) is 17.7. The lowest BCUT2D eigenvalue weighted by atomic mass is 10.1. The molecule has 2 aromatic rings. The molecule has 2 aromatic carbocycles. The van der Waals surface area contributed by atoms with Gasteiger partial charge in [-0.1, -0.05) is 17.7 Å². The van der Waals surface area contributed by atoms with Gasteiger partial charge in [0.15, 0.2) is 5.75 Å². The number of piperazine rings is 1. The van der Waals surface area contributed by atoms with E-state index in [0.717, 1.165) is 5.56 Å². The van der Waals surface area contributed by atoms with Crippen LogP contribution in [0.15, 0.2) is 41.3 Å². The van der Waals surface area contributed by atoms with Crippen molar-refractivity contribution in [1.82, 2.24) is 9.21 Å². The maximum absolute atomic E-state index is 13.0. The van der Waals surface area contributed by atoms with Crippen molar-refractivity contribution in [3.05, 3.63) is 63.2 Å². The van der Waals surface area contributed by atoms with Crippen molar-refractivity contribution < 1.29 is 22.9 Å². The number of hydrogen-bond donors (Lipinski definition) is 0. The van der Waals surface area contributed by atoms with Crippen molar-refractivity contribution in [3.63, 3.8) is 0 Å². The van der Waals surface area contributed by atoms with Crippen LogP contribution < -0.4 is 4.74 Å². The maximum Gasteiger partial charge on any atom is 0.311 e. The Bertz CT molecular complexity index is 1110. The van der Waals surface area contributed by atoms with E-state index in [1.807, 2.05) is 13.0 Å². The number of nitro groups is 1. The Morgan fingerprint density at radius 3 is 2.35 bits per heavy atom. The van der Waals surface area contributed by atoms with Crippen LogP contribution >= 0.6 is 0 Å². The minimum Gasteiger partial charge on any atom is -0.487 e. The molecule has 0 radical (unpaired) electrons. The van der Waals surface area contributed by atoms with Gasteiger partial charge in [0.1, 0.15) is 0 Å². The highest BCUT2D eigenvalue weighted by Gasteiger charge is 2.32. The quantitative estimate of drug-likeness (QED) is 0.497. The first-order chi connectivity index (χ1) is 14.6. The van der Waals surface area contributed by atoms with Crippen LogP contribution in [-0.4, -0.2) is 61.2 Å². The highest BCUT2D eigenvalue weighted by molar-refractivity contribution is 7.89. The summed E-state index contributed by atoms with van der Waals surface area (Å²) in [5, 5.41) is 11.3. The van der Waals surface area contributed by atoms with Crippen LogP contribution in [-0.2, 0) is 10.0 Å². The number of nitro benzene ring substituents is 1. The van der Waals surface area contributed by atoms with Crippen LogP contribution in [0.2, 0.25) is 0 Å². The van der Waals surface area contributed by atoms with Crippen LogP contribution in [0.25, 0.3) is 0 Å². The molecule has 1 aliphatic rings. The highest BCUT2D eigenvalue weighted by atomic mass is 32.2. The van der Waals surface area contributed by atoms with Gasteiger partial charge in [0, 0.05) is 37.8 Å². The molecule has 0 unspecified atom stereocenters. The molecule has 1 aliphatic heterocycles. The number of amides is 1. The normalized spacial score (nSPS) is 15.0.